The van der Waals surface area contributed by atoms with Gasteiger partial charge in [-0.05, 0) is 70.9 Å². The van der Waals surface area contributed by atoms with Crippen molar-refractivity contribution in [2.75, 3.05) is 37.6 Å². The highest BCUT2D eigenvalue weighted by molar-refractivity contribution is 5.95. The van der Waals surface area contributed by atoms with Gasteiger partial charge < -0.3 is 10.2 Å². The molecule has 136 valence electrons. The van der Waals surface area contributed by atoms with Gasteiger partial charge in [-0.3, -0.25) is 9.69 Å². The molecule has 0 atom stereocenters. The number of anilines is 1. The topological polar surface area (TPSA) is 35.6 Å². The molecule has 0 unspecified atom stereocenters. The van der Waals surface area contributed by atoms with Crippen molar-refractivity contribution >= 4 is 24.0 Å². The summed E-state index contributed by atoms with van der Waals surface area (Å²) in [6.07, 6.45) is 2.38. The molecule has 1 aromatic carbocycles. The molecule has 0 saturated carbocycles. The SMILES string of the molecule is CCNCC1CCN(CC(=O)N(c2ccccc2)C(C)C)CC1.Cl. The standard InChI is InChI=1S/C19H31N3O.ClH/c1-4-20-14-17-10-12-21(13-11-17)15-19(23)22(16(2)3)18-8-6-5-7-9-18;/h5-9,16-17,20H,4,10-15H2,1-3H3;1H. The van der Waals surface area contributed by atoms with Gasteiger partial charge in [0.05, 0.1) is 6.54 Å². The maximum absolute atomic E-state index is 12.8. The average Bonchev–Trinajstić information content (AvgIpc) is 2.55. The van der Waals surface area contributed by atoms with E-state index >= 15 is 0 Å². The summed E-state index contributed by atoms with van der Waals surface area (Å²) >= 11 is 0. The fourth-order valence-corrected chi connectivity index (χ4v) is 3.28. The third-order valence-corrected chi connectivity index (χ3v) is 4.57. The molecule has 1 saturated heterocycles. The Balaban J connectivity index is 0.00000288. The predicted octanol–water partition coefficient (Wildman–Crippen LogP) is 3.17. The molecule has 0 bridgehead atoms. The lowest BCUT2D eigenvalue weighted by Crippen LogP contribution is -2.46. The first-order valence-electron chi connectivity index (χ1n) is 8.92. The largest absolute Gasteiger partial charge is 0.317 e. The summed E-state index contributed by atoms with van der Waals surface area (Å²) in [6, 6.07) is 10.2. The number of piperidine rings is 1. The summed E-state index contributed by atoms with van der Waals surface area (Å²) in [7, 11) is 0. The first-order valence-corrected chi connectivity index (χ1v) is 8.92. The molecule has 24 heavy (non-hydrogen) atoms. The minimum Gasteiger partial charge on any atom is -0.317 e. The van der Waals surface area contributed by atoms with E-state index in [0.29, 0.717) is 6.54 Å². The lowest BCUT2D eigenvalue weighted by Gasteiger charge is -2.34. The Kier molecular flexibility index (Phi) is 9.34. The lowest BCUT2D eigenvalue weighted by atomic mass is 9.97. The third kappa shape index (κ3) is 6.08. The van der Waals surface area contributed by atoms with Crippen LogP contribution in [-0.4, -0.2) is 49.6 Å². The van der Waals surface area contributed by atoms with Crippen LogP contribution < -0.4 is 10.2 Å². The molecule has 1 aliphatic rings. The average molecular weight is 354 g/mol. The van der Waals surface area contributed by atoms with Gasteiger partial charge in [-0.25, -0.2) is 0 Å². The first kappa shape index (κ1) is 20.9. The lowest BCUT2D eigenvalue weighted by molar-refractivity contribution is -0.120. The molecule has 2 rings (SSSR count). The molecule has 1 heterocycles. The molecule has 0 radical (unpaired) electrons. The number of carbonyl (C=O) groups excluding carboxylic acids is 1. The molecule has 0 aromatic heterocycles. The van der Waals surface area contributed by atoms with Crippen LogP contribution in [0.2, 0.25) is 0 Å². The molecule has 1 fully saturated rings. The van der Waals surface area contributed by atoms with Gasteiger partial charge in [-0.2, -0.15) is 0 Å². The third-order valence-electron chi connectivity index (χ3n) is 4.57. The number of likely N-dealkylation sites (tertiary alicyclic amines) is 1. The van der Waals surface area contributed by atoms with E-state index in [1.807, 2.05) is 35.2 Å². The van der Waals surface area contributed by atoms with E-state index in [1.165, 1.54) is 12.8 Å². The molecule has 1 aromatic rings. The summed E-state index contributed by atoms with van der Waals surface area (Å²) in [5.74, 6) is 0.966. The number of nitrogens with one attached hydrogen (secondary N) is 1. The second-order valence-electron chi connectivity index (χ2n) is 6.72. The number of amides is 1. The Hall–Kier alpha value is -1.10. The molecule has 1 N–H and O–H groups in total. The Morgan fingerprint density at radius 3 is 2.42 bits per heavy atom. The maximum atomic E-state index is 12.8. The number of rotatable bonds is 7. The van der Waals surface area contributed by atoms with E-state index in [0.717, 1.165) is 37.8 Å². The molecular formula is C19H32ClN3O. The second-order valence-corrected chi connectivity index (χ2v) is 6.72. The van der Waals surface area contributed by atoms with Gasteiger partial charge in [-0.1, -0.05) is 25.1 Å². The van der Waals surface area contributed by atoms with E-state index in [1.54, 1.807) is 0 Å². The number of hydrogen-bond acceptors (Lipinski definition) is 3. The van der Waals surface area contributed by atoms with Crippen LogP contribution in [0.15, 0.2) is 30.3 Å². The van der Waals surface area contributed by atoms with E-state index in [4.69, 9.17) is 0 Å². The molecular weight excluding hydrogens is 322 g/mol. The monoisotopic (exact) mass is 353 g/mol. The summed E-state index contributed by atoms with van der Waals surface area (Å²) in [5.41, 5.74) is 0.995. The Labute approximate surface area is 153 Å². The van der Waals surface area contributed by atoms with Crippen LogP contribution in [0.1, 0.15) is 33.6 Å². The maximum Gasteiger partial charge on any atom is 0.241 e. The molecule has 4 nitrogen and oxygen atoms in total. The second kappa shape index (κ2) is 10.7. The smallest absolute Gasteiger partial charge is 0.241 e. The number of carbonyl (C=O) groups is 1. The van der Waals surface area contributed by atoms with E-state index < -0.39 is 0 Å². The van der Waals surface area contributed by atoms with Crippen LogP contribution in [0.3, 0.4) is 0 Å². The van der Waals surface area contributed by atoms with Crippen LogP contribution in [0.25, 0.3) is 0 Å². The van der Waals surface area contributed by atoms with Crippen LogP contribution >= 0.6 is 12.4 Å². The predicted molar refractivity (Wildman–Crippen MR) is 104 cm³/mol. The van der Waals surface area contributed by atoms with Crippen LogP contribution in [0.4, 0.5) is 5.69 Å². The normalized spacial score (nSPS) is 16.0. The summed E-state index contributed by atoms with van der Waals surface area (Å²) < 4.78 is 0. The fourth-order valence-electron chi connectivity index (χ4n) is 3.28. The number of hydrogen-bond donors (Lipinski definition) is 1. The molecule has 0 aliphatic carbocycles. The minimum atomic E-state index is 0. The summed E-state index contributed by atoms with van der Waals surface area (Å²) in [6.45, 7) is 11.0. The fraction of sp³-hybridized carbons (Fsp3) is 0.632. The van der Waals surface area contributed by atoms with Crippen molar-refractivity contribution in [2.24, 2.45) is 5.92 Å². The number of nitrogens with zero attached hydrogens (tertiary/aromatic N) is 2. The number of halogens is 1. The van der Waals surface area contributed by atoms with Gasteiger partial charge in [0.15, 0.2) is 0 Å². The van der Waals surface area contributed by atoms with Crippen molar-refractivity contribution in [1.82, 2.24) is 10.2 Å². The van der Waals surface area contributed by atoms with Crippen LogP contribution in [-0.2, 0) is 4.79 Å². The zero-order valence-electron chi connectivity index (χ0n) is 15.2. The van der Waals surface area contributed by atoms with Crippen LogP contribution in [0.5, 0.6) is 0 Å². The molecule has 1 aliphatic heterocycles. The molecule has 5 heteroatoms. The van der Waals surface area contributed by atoms with E-state index in [-0.39, 0.29) is 24.4 Å². The highest BCUT2D eigenvalue weighted by Crippen LogP contribution is 2.19. The van der Waals surface area contributed by atoms with Gasteiger partial charge >= 0.3 is 0 Å². The zero-order chi connectivity index (χ0) is 16.7. The summed E-state index contributed by atoms with van der Waals surface area (Å²) in [4.78, 5) is 17.0. The van der Waals surface area contributed by atoms with Gasteiger partial charge in [0.25, 0.3) is 0 Å². The van der Waals surface area contributed by atoms with Crippen molar-refractivity contribution in [3.8, 4) is 0 Å². The Morgan fingerprint density at radius 2 is 1.88 bits per heavy atom. The van der Waals surface area contributed by atoms with Crippen molar-refractivity contribution in [2.45, 2.75) is 39.7 Å². The summed E-state index contributed by atoms with van der Waals surface area (Å²) in [5, 5.41) is 3.43. The Morgan fingerprint density at radius 1 is 1.25 bits per heavy atom. The van der Waals surface area contributed by atoms with Gasteiger partial charge in [-0.15, -0.1) is 12.4 Å². The quantitative estimate of drug-likeness (QED) is 0.817. The molecule has 0 spiro atoms. The van der Waals surface area contributed by atoms with Crippen molar-refractivity contribution in [3.05, 3.63) is 30.3 Å². The highest BCUT2D eigenvalue weighted by atomic mass is 35.5. The van der Waals surface area contributed by atoms with E-state index in [2.05, 4.69) is 31.0 Å². The number of benzene rings is 1. The van der Waals surface area contributed by atoms with Gasteiger partial charge in [0.2, 0.25) is 5.91 Å². The van der Waals surface area contributed by atoms with Crippen molar-refractivity contribution in [1.29, 1.82) is 0 Å². The van der Waals surface area contributed by atoms with Gasteiger partial charge in [0, 0.05) is 11.7 Å². The van der Waals surface area contributed by atoms with Gasteiger partial charge in [0.1, 0.15) is 0 Å². The molecule has 1 amide bonds. The minimum absolute atomic E-state index is 0. The van der Waals surface area contributed by atoms with E-state index in [9.17, 15) is 4.79 Å². The van der Waals surface area contributed by atoms with Crippen LogP contribution in [0, 0.1) is 5.92 Å². The number of para-hydroxylation sites is 1. The Bertz CT molecular complexity index is 473. The zero-order valence-corrected chi connectivity index (χ0v) is 16.0. The van der Waals surface area contributed by atoms with Crippen molar-refractivity contribution in [3.63, 3.8) is 0 Å². The first-order chi connectivity index (χ1) is 11.1. The highest BCUT2D eigenvalue weighted by Gasteiger charge is 2.24. The van der Waals surface area contributed by atoms with Crippen molar-refractivity contribution < 1.29 is 4.79 Å².